The molecule has 0 radical (unpaired) electrons. The molecule has 0 spiro atoms. The van der Waals surface area contributed by atoms with Gasteiger partial charge in [0, 0.05) is 13.0 Å². The Bertz CT molecular complexity index is 1340. The molecule has 0 fully saturated rings. The van der Waals surface area contributed by atoms with Crippen LogP contribution in [0.3, 0.4) is 0 Å². The van der Waals surface area contributed by atoms with Crippen molar-refractivity contribution in [2.24, 2.45) is 11.7 Å². The second kappa shape index (κ2) is 22.6. The Morgan fingerprint density at radius 2 is 1.26 bits per heavy atom. The molecule has 1 aromatic rings. The summed E-state index contributed by atoms with van der Waals surface area (Å²) < 4.78 is 11.1. The number of carbonyl (C=O) groups is 6. The third-order valence-corrected chi connectivity index (χ3v) is 7.65. The summed E-state index contributed by atoms with van der Waals surface area (Å²) in [6.45, 7) is 16.6. The monoisotopic (exact) mass is 748 g/mol. The zero-order chi connectivity index (χ0) is 40.4. The fourth-order valence-electron chi connectivity index (χ4n) is 5.18. The SMILES string of the molecule is CCCC[C@H](NC(=O)CN)C(=O)N[C@@H](CCCCNC(=O)OC(C)(C)C)C(=O)N[C@@H](CC(C)C)C(=O)N[C@@H](Cc1ccc(OC(C)(C)C)cc1)C(=O)O. The van der Waals surface area contributed by atoms with Crippen LogP contribution in [-0.4, -0.2) is 89.3 Å². The normalized spacial score (nSPS) is 13.9. The Labute approximate surface area is 314 Å². The second-order valence-corrected chi connectivity index (χ2v) is 15.6. The topological polar surface area (TPSA) is 227 Å². The quantitative estimate of drug-likeness (QED) is 0.0856. The molecule has 0 aliphatic carbocycles. The molecule has 1 aromatic carbocycles. The van der Waals surface area contributed by atoms with Gasteiger partial charge in [0.05, 0.1) is 6.54 Å². The molecule has 0 heterocycles. The van der Waals surface area contributed by atoms with E-state index >= 15 is 0 Å². The predicted octanol–water partition coefficient (Wildman–Crippen LogP) is 3.32. The first-order valence-corrected chi connectivity index (χ1v) is 18.5. The molecule has 0 bridgehead atoms. The number of benzene rings is 1. The van der Waals surface area contributed by atoms with Crippen molar-refractivity contribution in [1.29, 1.82) is 0 Å². The number of carboxylic acid groups (broad SMARTS) is 1. The Morgan fingerprint density at radius 1 is 0.736 bits per heavy atom. The molecule has 0 aliphatic rings. The van der Waals surface area contributed by atoms with E-state index < -0.39 is 71.1 Å². The van der Waals surface area contributed by atoms with Gasteiger partial charge < -0.3 is 46.9 Å². The lowest BCUT2D eigenvalue weighted by molar-refractivity contribution is -0.142. The number of aliphatic carboxylic acids is 1. The molecule has 4 atom stereocenters. The van der Waals surface area contributed by atoms with Gasteiger partial charge in [0.15, 0.2) is 0 Å². The summed E-state index contributed by atoms with van der Waals surface area (Å²) in [5.74, 6) is -3.13. The number of nitrogens with one attached hydrogen (secondary N) is 5. The minimum atomic E-state index is -1.29. The second-order valence-electron chi connectivity index (χ2n) is 15.6. The van der Waals surface area contributed by atoms with Crippen LogP contribution < -0.4 is 37.1 Å². The lowest BCUT2D eigenvalue weighted by Gasteiger charge is -2.27. The minimum absolute atomic E-state index is 0.0110. The lowest BCUT2D eigenvalue weighted by Crippen LogP contribution is -2.58. The summed E-state index contributed by atoms with van der Waals surface area (Å²) in [4.78, 5) is 77.3. The van der Waals surface area contributed by atoms with E-state index in [2.05, 4.69) is 26.6 Å². The number of ether oxygens (including phenoxy) is 2. The number of nitrogens with two attached hydrogens (primary N) is 1. The van der Waals surface area contributed by atoms with Crippen molar-refractivity contribution in [3.05, 3.63) is 29.8 Å². The summed E-state index contributed by atoms with van der Waals surface area (Å²) in [6.07, 6.45) is 2.29. The van der Waals surface area contributed by atoms with Crippen LogP contribution in [0.25, 0.3) is 0 Å². The predicted molar refractivity (Wildman–Crippen MR) is 202 cm³/mol. The highest BCUT2D eigenvalue weighted by Crippen LogP contribution is 2.19. The smallest absolute Gasteiger partial charge is 0.407 e. The van der Waals surface area contributed by atoms with Crippen molar-refractivity contribution >= 4 is 35.7 Å². The van der Waals surface area contributed by atoms with Crippen molar-refractivity contribution in [2.75, 3.05) is 13.1 Å². The third kappa shape index (κ3) is 20.4. The Morgan fingerprint density at radius 3 is 1.77 bits per heavy atom. The van der Waals surface area contributed by atoms with Crippen LogP contribution in [0.1, 0.15) is 113 Å². The number of alkyl carbamates (subject to hydrolysis) is 1. The summed E-state index contributed by atoms with van der Waals surface area (Å²) in [6, 6.07) is 2.48. The molecular formula is C38H64N6O9. The Kier molecular flexibility index (Phi) is 19.9. The Balaban J connectivity index is 3.18. The van der Waals surface area contributed by atoms with Gasteiger partial charge in [0.2, 0.25) is 23.6 Å². The van der Waals surface area contributed by atoms with Crippen LogP contribution >= 0.6 is 0 Å². The van der Waals surface area contributed by atoms with Crippen molar-refractivity contribution in [1.82, 2.24) is 26.6 Å². The van der Waals surface area contributed by atoms with Crippen LogP contribution in [-0.2, 0) is 35.1 Å². The van der Waals surface area contributed by atoms with E-state index in [0.717, 1.165) is 6.42 Å². The first-order valence-electron chi connectivity index (χ1n) is 18.5. The fourth-order valence-corrected chi connectivity index (χ4v) is 5.18. The van der Waals surface area contributed by atoms with E-state index in [1.807, 2.05) is 41.5 Å². The van der Waals surface area contributed by atoms with Crippen molar-refractivity contribution in [2.45, 2.75) is 149 Å². The molecule has 0 saturated heterocycles. The van der Waals surface area contributed by atoms with Crippen molar-refractivity contribution in [3.63, 3.8) is 0 Å². The fraction of sp³-hybridized carbons (Fsp3) is 0.684. The zero-order valence-corrected chi connectivity index (χ0v) is 33.1. The standard InChI is InChI=1S/C38H64N6O9/c1-10-11-14-27(41-31(45)23-39)32(46)42-28(15-12-13-20-40-36(51)53-38(7,8)9)33(47)43-29(21-24(2)3)34(48)44-30(35(49)50)22-25-16-18-26(19-17-25)52-37(4,5)6/h16-19,24,27-30H,10-15,20-23,39H2,1-9H3,(H,40,51)(H,41,45)(H,42,46)(H,43,47)(H,44,48)(H,49,50)/t27-,28-,29-,30-/m0/s1. The number of hydrogen-bond donors (Lipinski definition) is 7. The molecule has 1 rings (SSSR count). The van der Waals surface area contributed by atoms with E-state index in [1.54, 1.807) is 45.0 Å². The molecule has 300 valence electrons. The highest BCUT2D eigenvalue weighted by atomic mass is 16.6. The average molecular weight is 749 g/mol. The first-order chi connectivity index (χ1) is 24.6. The molecule has 53 heavy (non-hydrogen) atoms. The van der Waals surface area contributed by atoms with Crippen LogP contribution in [0, 0.1) is 5.92 Å². The molecule has 15 heteroatoms. The van der Waals surface area contributed by atoms with Gasteiger partial charge in [-0.15, -0.1) is 0 Å². The van der Waals surface area contributed by atoms with Gasteiger partial charge in [-0.1, -0.05) is 45.7 Å². The summed E-state index contributed by atoms with van der Waals surface area (Å²) in [5.41, 5.74) is 5.05. The van der Waals surface area contributed by atoms with E-state index in [9.17, 15) is 33.9 Å². The Hall–Kier alpha value is -4.40. The van der Waals surface area contributed by atoms with Crippen molar-refractivity contribution in [3.8, 4) is 5.75 Å². The molecule has 0 saturated carbocycles. The molecule has 0 aromatic heterocycles. The van der Waals surface area contributed by atoms with Crippen LogP contribution in [0.15, 0.2) is 24.3 Å². The first kappa shape index (κ1) is 46.6. The number of rotatable bonds is 22. The lowest BCUT2D eigenvalue weighted by atomic mass is 10.00. The van der Waals surface area contributed by atoms with Gasteiger partial charge in [-0.3, -0.25) is 19.2 Å². The minimum Gasteiger partial charge on any atom is -0.488 e. The van der Waals surface area contributed by atoms with Crippen LogP contribution in [0.5, 0.6) is 5.75 Å². The summed E-state index contributed by atoms with van der Waals surface area (Å²) >= 11 is 0. The highest BCUT2D eigenvalue weighted by Gasteiger charge is 2.31. The van der Waals surface area contributed by atoms with Crippen LogP contribution in [0.2, 0.25) is 0 Å². The van der Waals surface area contributed by atoms with Crippen LogP contribution in [0.4, 0.5) is 4.79 Å². The van der Waals surface area contributed by atoms with E-state index in [-0.39, 0.29) is 38.3 Å². The van der Waals surface area contributed by atoms with Gasteiger partial charge in [0.1, 0.15) is 41.1 Å². The number of carbonyl (C=O) groups excluding carboxylic acids is 5. The maximum Gasteiger partial charge on any atom is 0.407 e. The average Bonchev–Trinajstić information content (AvgIpc) is 3.03. The number of amides is 5. The van der Waals surface area contributed by atoms with Gasteiger partial charge in [-0.05, 0) is 97.3 Å². The third-order valence-electron chi connectivity index (χ3n) is 7.65. The largest absolute Gasteiger partial charge is 0.488 e. The molecule has 0 aliphatic heterocycles. The van der Waals surface area contributed by atoms with Gasteiger partial charge in [0.25, 0.3) is 0 Å². The summed E-state index contributed by atoms with van der Waals surface area (Å²) in [5, 5.41) is 23.3. The van der Waals surface area contributed by atoms with Gasteiger partial charge >= 0.3 is 12.1 Å². The van der Waals surface area contributed by atoms with E-state index in [0.29, 0.717) is 37.0 Å². The van der Waals surface area contributed by atoms with E-state index in [4.69, 9.17) is 15.2 Å². The summed E-state index contributed by atoms with van der Waals surface area (Å²) in [7, 11) is 0. The molecule has 8 N–H and O–H groups in total. The van der Waals surface area contributed by atoms with Gasteiger partial charge in [-0.2, -0.15) is 0 Å². The molecule has 15 nitrogen and oxygen atoms in total. The molecule has 5 amide bonds. The maximum absolute atomic E-state index is 13.8. The van der Waals surface area contributed by atoms with Crippen molar-refractivity contribution < 1.29 is 43.3 Å². The zero-order valence-electron chi connectivity index (χ0n) is 33.1. The highest BCUT2D eigenvalue weighted by molar-refractivity contribution is 5.95. The number of hydrogen-bond acceptors (Lipinski definition) is 9. The number of unbranched alkanes of at least 4 members (excludes halogenated alkanes) is 2. The molecule has 0 unspecified atom stereocenters. The number of carboxylic acids is 1. The van der Waals surface area contributed by atoms with E-state index in [1.165, 1.54) is 0 Å². The molecular weight excluding hydrogens is 684 g/mol. The maximum atomic E-state index is 13.8. The van der Waals surface area contributed by atoms with Gasteiger partial charge in [-0.25, -0.2) is 9.59 Å².